The predicted molar refractivity (Wildman–Crippen MR) is 64.3 cm³/mol. The first kappa shape index (κ1) is 17.6. The van der Waals surface area contributed by atoms with Crippen LogP contribution in [0.4, 0.5) is 0 Å². The van der Waals surface area contributed by atoms with Crippen LogP contribution in [0.2, 0.25) is 0 Å². The van der Waals surface area contributed by atoms with Crippen molar-refractivity contribution < 1.29 is 14.3 Å². The first-order valence-corrected chi connectivity index (χ1v) is 4.90. The molecule has 0 aliphatic rings. The zero-order chi connectivity index (χ0) is 12.1. The van der Waals surface area contributed by atoms with Crippen molar-refractivity contribution >= 4 is 24.3 Å². The minimum Gasteiger partial charge on any atom is -0.469 e. The van der Waals surface area contributed by atoms with Crippen molar-refractivity contribution in [3.63, 3.8) is 0 Å². The number of hydrogen-bond acceptors (Lipinski definition) is 4. The maximum atomic E-state index is 11.3. The highest BCUT2D eigenvalue weighted by Crippen LogP contribution is 2.15. The SMILES string of the molecule is COC(=O)C(C)(C)CNC(=O)C[C@@H](C)N.Cl. The Morgan fingerprint density at radius 2 is 1.94 bits per heavy atom. The lowest BCUT2D eigenvalue weighted by atomic mass is 9.93. The zero-order valence-corrected chi connectivity index (χ0v) is 11.0. The molecule has 5 nitrogen and oxygen atoms in total. The van der Waals surface area contributed by atoms with Gasteiger partial charge in [-0.3, -0.25) is 9.59 Å². The van der Waals surface area contributed by atoms with E-state index in [1.807, 2.05) is 0 Å². The Hall–Kier alpha value is -0.810. The Morgan fingerprint density at radius 1 is 1.44 bits per heavy atom. The number of carbonyl (C=O) groups is 2. The number of methoxy groups -OCH3 is 1. The van der Waals surface area contributed by atoms with Gasteiger partial charge in [-0.25, -0.2) is 0 Å². The molecular formula is C10H21ClN2O3. The summed E-state index contributed by atoms with van der Waals surface area (Å²) in [7, 11) is 1.33. The van der Waals surface area contributed by atoms with Crippen LogP contribution >= 0.6 is 12.4 Å². The fourth-order valence-corrected chi connectivity index (χ4v) is 1.03. The second-order valence-corrected chi connectivity index (χ2v) is 4.33. The van der Waals surface area contributed by atoms with Gasteiger partial charge in [-0.1, -0.05) is 0 Å². The first-order valence-electron chi connectivity index (χ1n) is 4.90. The van der Waals surface area contributed by atoms with Gasteiger partial charge in [0.2, 0.25) is 5.91 Å². The highest BCUT2D eigenvalue weighted by atomic mass is 35.5. The molecule has 0 bridgehead atoms. The summed E-state index contributed by atoms with van der Waals surface area (Å²) in [5.41, 5.74) is 4.76. The Labute approximate surface area is 103 Å². The van der Waals surface area contributed by atoms with Crippen molar-refractivity contribution in [2.24, 2.45) is 11.1 Å². The number of halogens is 1. The number of esters is 1. The molecule has 0 aromatic rings. The van der Waals surface area contributed by atoms with E-state index in [0.29, 0.717) is 0 Å². The topological polar surface area (TPSA) is 81.4 Å². The summed E-state index contributed by atoms with van der Waals surface area (Å²) in [6.45, 7) is 5.44. The fourth-order valence-electron chi connectivity index (χ4n) is 1.03. The number of amides is 1. The third-order valence-electron chi connectivity index (χ3n) is 1.97. The molecule has 0 heterocycles. The lowest BCUT2D eigenvalue weighted by Gasteiger charge is -2.21. The predicted octanol–water partition coefficient (Wildman–Crippen LogP) is 0.461. The third kappa shape index (κ3) is 6.63. The molecule has 0 rings (SSSR count). The van der Waals surface area contributed by atoms with Crippen molar-refractivity contribution in [3.8, 4) is 0 Å². The standard InChI is InChI=1S/C10H20N2O3.ClH/c1-7(11)5-8(13)12-6-10(2,3)9(14)15-4;/h7H,5-6,11H2,1-4H3,(H,12,13);1H/t7-;/m1./s1. The summed E-state index contributed by atoms with van der Waals surface area (Å²) in [5.74, 6) is -0.495. The number of rotatable bonds is 5. The van der Waals surface area contributed by atoms with Gasteiger partial charge in [0.05, 0.1) is 12.5 Å². The molecule has 16 heavy (non-hydrogen) atoms. The van der Waals surface area contributed by atoms with Crippen molar-refractivity contribution in [2.45, 2.75) is 33.2 Å². The van der Waals surface area contributed by atoms with Gasteiger partial charge in [-0.05, 0) is 20.8 Å². The van der Waals surface area contributed by atoms with Gasteiger partial charge in [0, 0.05) is 19.0 Å². The lowest BCUT2D eigenvalue weighted by Crippen LogP contribution is -2.40. The lowest BCUT2D eigenvalue weighted by molar-refractivity contribution is -0.150. The minimum atomic E-state index is -0.706. The van der Waals surface area contributed by atoms with Gasteiger partial charge in [-0.15, -0.1) is 12.4 Å². The summed E-state index contributed by atoms with van der Waals surface area (Å²) in [5, 5.41) is 2.65. The van der Waals surface area contributed by atoms with E-state index in [-0.39, 0.29) is 43.3 Å². The van der Waals surface area contributed by atoms with Gasteiger partial charge in [0.1, 0.15) is 0 Å². The number of nitrogens with one attached hydrogen (secondary N) is 1. The molecule has 0 radical (unpaired) electrons. The number of ether oxygens (including phenoxy) is 1. The van der Waals surface area contributed by atoms with Gasteiger partial charge >= 0.3 is 5.97 Å². The highest BCUT2D eigenvalue weighted by Gasteiger charge is 2.29. The molecule has 0 aliphatic heterocycles. The minimum absolute atomic E-state index is 0. The molecule has 0 aliphatic carbocycles. The molecule has 3 N–H and O–H groups in total. The van der Waals surface area contributed by atoms with Crippen LogP contribution in [-0.4, -0.2) is 31.6 Å². The average Bonchev–Trinajstić information content (AvgIpc) is 2.12. The van der Waals surface area contributed by atoms with Gasteiger partial charge in [-0.2, -0.15) is 0 Å². The zero-order valence-electron chi connectivity index (χ0n) is 10.2. The number of carbonyl (C=O) groups excluding carboxylic acids is 2. The van der Waals surface area contributed by atoms with Crippen LogP contribution in [0.1, 0.15) is 27.2 Å². The molecule has 0 unspecified atom stereocenters. The molecule has 6 heteroatoms. The second kappa shape index (κ2) is 7.46. The van der Waals surface area contributed by atoms with E-state index in [0.717, 1.165) is 0 Å². The Morgan fingerprint density at radius 3 is 2.31 bits per heavy atom. The van der Waals surface area contributed by atoms with Gasteiger partial charge < -0.3 is 15.8 Å². The van der Waals surface area contributed by atoms with Crippen LogP contribution in [0.15, 0.2) is 0 Å². The van der Waals surface area contributed by atoms with Crippen molar-refractivity contribution in [1.29, 1.82) is 0 Å². The maximum Gasteiger partial charge on any atom is 0.313 e. The quantitative estimate of drug-likeness (QED) is 0.697. The first-order chi connectivity index (χ1) is 6.79. The number of hydrogen-bond donors (Lipinski definition) is 2. The summed E-state index contributed by atoms with van der Waals surface area (Å²) in [6, 6.07) is -0.175. The van der Waals surface area contributed by atoms with E-state index < -0.39 is 5.41 Å². The molecule has 96 valence electrons. The van der Waals surface area contributed by atoms with Crippen LogP contribution in [0, 0.1) is 5.41 Å². The van der Waals surface area contributed by atoms with E-state index >= 15 is 0 Å². The average molecular weight is 253 g/mol. The molecule has 1 amide bonds. The molecule has 0 saturated carbocycles. The molecule has 0 spiro atoms. The Balaban J connectivity index is 0. The summed E-state index contributed by atoms with van der Waals surface area (Å²) >= 11 is 0. The Kier molecular flexibility index (Phi) is 8.20. The monoisotopic (exact) mass is 252 g/mol. The second-order valence-electron chi connectivity index (χ2n) is 4.33. The van der Waals surface area contributed by atoms with Crippen LogP contribution in [0.3, 0.4) is 0 Å². The summed E-state index contributed by atoms with van der Waals surface area (Å²) < 4.78 is 4.61. The van der Waals surface area contributed by atoms with E-state index in [9.17, 15) is 9.59 Å². The summed E-state index contributed by atoms with van der Waals surface area (Å²) in [4.78, 5) is 22.5. The molecular weight excluding hydrogens is 232 g/mol. The van der Waals surface area contributed by atoms with Crippen LogP contribution in [0.5, 0.6) is 0 Å². The maximum absolute atomic E-state index is 11.3. The van der Waals surface area contributed by atoms with Crippen molar-refractivity contribution in [2.75, 3.05) is 13.7 Å². The van der Waals surface area contributed by atoms with Crippen LogP contribution in [0.25, 0.3) is 0 Å². The molecule has 0 fully saturated rings. The fraction of sp³-hybridized carbons (Fsp3) is 0.800. The smallest absolute Gasteiger partial charge is 0.313 e. The molecule has 0 saturated heterocycles. The summed E-state index contributed by atoms with van der Waals surface area (Å²) in [6.07, 6.45) is 0.261. The van der Waals surface area contributed by atoms with E-state index in [4.69, 9.17) is 5.73 Å². The van der Waals surface area contributed by atoms with Crippen LogP contribution in [-0.2, 0) is 14.3 Å². The molecule has 0 aromatic heterocycles. The molecule has 0 aromatic carbocycles. The van der Waals surface area contributed by atoms with E-state index in [2.05, 4.69) is 10.1 Å². The van der Waals surface area contributed by atoms with Crippen molar-refractivity contribution in [3.05, 3.63) is 0 Å². The Bertz CT molecular complexity index is 242. The highest BCUT2D eigenvalue weighted by molar-refractivity contribution is 5.85. The van der Waals surface area contributed by atoms with E-state index in [1.165, 1.54) is 7.11 Å². The largest absolute Gasteiger partial charge is 0.469 e. The third-order valence-corrected chi connectivity index (χ3v) is 1.97. The number of nitrogens with two attached hydrogens (primary N) is 1. The van der Waals surface area contributed by atoms with Gasteiger partial charge in [0.15, 0.2) is 0 Å². The van der Waals surface area contributed by atoms with Crippen molar-refractivity contribution in [1.82, 2.24) is 5.32 Å². The van der Waals surface area contributed by atoms with Gasteiger partial charge in [0.25, 0.3) is 0 Å². The molecule has 1 atom stereocenters. The normalized spacial score (nSPS) is 12.3. The van der Waals surface area contributed by atoms with Crippen LogP contribution < -0.4 is 11.1 Å². The van der Waals surface area contributed by atoms with E-state index in [1.54, 1.807) is 20.8 Å².